The minimum atomic E-state index is -3.76. The van der Waals surface area contributed by atoms with Crippen molar-refractivity contribution in [1.29, 1.82) is 0 Å². The smallest absolute Gasteiger partial charge is 0.232 e. The van der Waals surface area contributed by atoms with E-state index in [4.69, 9.17) is 0 Å². The zero-order valence-corrected chi connectivity index (χ0v) is 14.6. The molecule has 0 unspecified atom stereocenters. The van der Waals surface area contributed by atoms with E-state index in [2.05, 4.69) is 5.32 Å². The number of aryl methyl sites for hydroxylation is 1. The van der Waals surface area contributed by atoms with Crippen LogP contribution in [-0.4, -0.2) is 27.1 Å². The molecule has 2 aromatic rings. The molecule has 0 spiro atoms. The number of carbonyl (C=O) groups excluding carboxylic acids is 1. The van der Waals surface area contributed by atoms with Crippen molar-refractivity contribution in [3.8, 4) is 0 Å². The molecule has 0 saturated carbocycles. The Bertz CT molecular complexity index is 885. The van der Waals surface area contributed by atoms with Crippen molar-refractivity contribution in [3.05, 3.63) is 59.7 Å². The van der Waals surface area contributed by atoms with Gasteiger partial charge in [0.05, 0.1) is 11.9 Å². The molecule has 1 N–H and O–H groups in total. The molecule has 5 nitrogen and oxygen atoms in total. The predicted octanol–water partition coefficient (Wildman–Crippen LogP) is 3.07. The summed E-state index contributed by atoms with van der Waals surface area (Å²) in [5, 5.41) is 2.67. The van der Waals surface area contributed by atoms with Crippen molar-refractivity contribution in [2.24, 2.45) is 0 Å². The van der Waals surface area contributed by atoms with E-state index in [0.29, 0.717) is 5.69 Å². The minimum absolute atomic E-state index is 0.0373. The summed E-state index contributed by atoms with van der Waals surface area (Å²) in [5.74, 6) is -2.62. The minimum Gasteiger partial charge on any atom is -0.326 e. The quantitative estimate of drug-likeness (QED) is 0.852. The summed E-state index contributed by atoms with van der Waals surface area (Å²) in [4.78, 5) is 12.0. The Balaban J connectivity index is 2.10. The fourth-order valence-corrected chi connectivity index (χ4v) is 3.20. The highest BCUT2D eigenvalue weighted by Crippen LogP contribution is 2.21. The molecule has 1 amide bonds. The standard InChI is InChI=1S/C17H18F2N2O3S/c1-12-4-3-5-13(10-12)20-17(22)8-9-21(25(2,23)24)14-6-7-15(18)16(19)11-14/h3-7,10-11H,8-9H2,1-2H3,(H,20,22). The SMILES string of the molecule is Cc1cccc(NC(=O)CCN(c2ccc(F)c(F)c2)S(C)(=O)=O)c1. The molecule has 0 heterocycles. The van der Waals surface area contributed by atoms with Gasteiger partial charge in [0.25, 0.3) is 0 Å². The van der Waals surface area contributed by atoms with Gasteiger partial charge in [0.1, 0.15) is 0 Å². The fraction of sp³-hybridized carbons (Fsp3) is 0.235. The van der Waals surface area contributed by atoms with E-state index in [0.717, 1.165) is 34.3 Å². The highest BCUT2D eigenvalue weighted by atomic mass is 32.2. The Morgan fingerprint density at radius 2 is 1.84 bits per heavy atom. The van der Waals surface area contributed by atoms with Crippen LogP contribution < -0.4 is 9.62 Å². The molecule has 25 heavy (non-hydrogen) atoms. The van der Waals surface area contributed by atoms with Gasteiger partial charge in [-0.1, -0.05) is 12.1 Å². The van der Waals surface area contributed by atoms with Crippen molar-refractivity contribution in [3.63, 3.8) is 0 Å². The third kappa shape index (κ3) is 5.25. The first-order chi connectivity index (χ1) is 11.7. The molecule has 134 valence electrons. The summed E-state index contributed by atoms with van der Waals surface area (Å²) in [6, 6.07) is 9.94. The van der Waals surface area contributed by atoms with Crippen molar-refractivity contribution < 1.29 is 22.0 Å². The predicted molar refractivity (Wildman–Crippen MR) is 93.0 cm³/mol. The van der Waals surface area contributed by atoms with E-state index >= 15 is 0 Å². The Morgan fingerprint density at radius 3 is 2.44 bits per heavy atom. The number of halogens is 2. The Kier molecular flexibility index (Phi) is 5.73. The second-order valence-corrected chi connectivity index (χ2v) is 7.51. The molecule has 2 aromatic carbocycles. The van der Waals surface area contributed by atoms with Crippen molar-refractivity contribution in [2.75, 3.05) is 22.4 Å². The van der Waals surface area contributed by atoms with E-state index in [-0.39, 0.29) is 24.6 Å². The van der Waals surface area contributed by atoms with Crippen LogP contribution >= 0.6 is 0 Å². The molecule has 0 bridgehead atoms. The van der Waals surface area contributed by atoms with Crippen LogP contribution in [0.25, 0.3) is 0 Å². The van der Waals surface area contributed by atoms with E-state index in [1.807, 2.05) is 13.0 Å². The summed E-state index contributed by atoms with van der Waals surface area (Å²) in [6.07, 6.45) is 0.798. The van der Waals surface area contributed by atoms with Crippen LogP contribution in [0.5, 0.6) is 0 Å². The number of rotatable bonds is 6. The Hall–Kier alpha value is -2.48. The van der Waals surface area contributed by atoms with Gasteiger partial charge in [0, 0.05) is 24.7 Å². The number of amides is 1. The molecule has 0 fully saturated rings. The molecule has 8 heteroatoms. The van der Waals surface area contributed by atoms with E-state index < -0.39 is 21.7 Å². The van der Waals surface area contributed by atoms with Crippen LogP contribution in [0.15, 0.2) is 42.5 Å². The monoisotopic (exact) mass is 368 g/mol. The van der Waals surface area contributed by atoms with Gasteiger partial charge in [-0.05, 0) is 36.8 Å². The maximum Gasteiger partial charge on any atom is 0.232 e. The maximum atomic E-state index is 13.4. The number of hydrogen-bond acceptors (Lipinski definition) is 3. The van der Waals surface area contributed by atoms with E-state index in [1.165, 1.54) is 0 Å². The van der Waals surface area contributed by atoms with Crippen molar-refractivity contribution >= 4 is 27.3 Å². The molecule has 0 saturated heterocycles. The average molecular weight is 368 g/mol. The Morgan fingerprint density at radius 1 is 1.12 bits per heavy atom. The third-order valence-corrected chi connectivity index (χ3v) is 4.63. The molecule has 0 aliphatic carbocycles. The lowest BCUT2D eigenvalue weighted by atomic mass is 10.2. The van der Waals surface area contributed by atoms with Gasteiger partial charge in [-0.25, -0.2) is 17.2 Å². The molecular formula is C17H18F2N2O3S. The number of nitrogens with zero attached hydrogens (tertiary/aromatic N) is 1. The summed E-state index contributed by atoms with van der Waals surface area (Å²) >= 11 is 0. The van der Waals surface area contributed by atoms with Crippen LogP contribution in [-0.2, 0) is 14.8 Å². The second kappa shape index (κ2) is 7.60. The van der Waals surface area contributed by atoms with Crippen molar-refractivity contribution in [1.82, 2.24) is 0 Å². The number of carbonyl (C=O) groups is 1. The molecule has 2 rings (SSSR count). The lowest BCUT2D eigenvalue weighted by Gasteiger charge is -2.22. The first kappa shape index (κ1) is 18.9. The average Bonchev–Trinajstić information content (AvgIpc) is 2.49. The lowest BCUT2D eigenvalue weighted by Crippen LogP contribution is -2.33. The zero-order valence-electron chi connectivity index (χ0n) is 13.8. The number of benzene rings is 2. The van der Waals surface area contributed by atoms with Gasteiger partial charge in [-0.2, -0.15) is 0 Å². The lowest BCUT2D eigenvalue weighted by molar-refractivity contribution is -0.116. The number of nitrogens with one attached hydrogen (secondary N) is 1. The van der Waals surface area contributed by atoms with Crippen LogP contribution in [0.3, 0.4) is 0 Å². The zero-order chi connectivity index (χ0) is 18.6. The number of anilines is 2. The molecule has 0 atom stereocenters. The van der Waals surface area contributed by atoms with Gasteiger partial charge in [0.2, 0.25) is 15.9 Å². The third-order valence-electron chi connectivity index (χ3n) is 3.44. The van der Waals surface area contributed by atoms with Crippen LogP contribution in [0.1, 0.15) is 12.0 Å². The topological polar surface area (TPSA) is 66.5 Å². The highest BCUT2D eigenvalue weighted by molar-refractivity contribution is 7.92. The molecule has 0 aliphatic rings. The maximum absolute atomic E-state index is 13.4. The van der Waals surface area contributed by atoms with Gasteiger partial charge in [0.15, 0.2) is 11.6 Å². The van der Waals surface area contributed by atoms with E-state index in [9.17, 15) is 22.0 Å². The van der Waals surface area contributed by atoms with Crippen molar-refractivity contribution in [2.45, 2.75) is 13.3 Å². The number of hydrogen-bond donors (Lipinski definition) is 1. The van der Waals surface area contributed by atoms with Crippen LogP contribution in [0.2, 0.25) is 0 Å². The summed E-state index contributed by atoms with van der Waals surface area (Å²) in [5.41, 5.74) is 1.53. The molecule has 0 radical (unpaired) electrons. The normalized spacial score (nSPS) is 11.2. The van der Waals surface area contributed by atoms with Crippen LogP contribution in [0.4, 0.5) is 20.2 Å². The van der Waals surface area contributed by atoms with Gasteiger partial charge in [-0.15, -0.1) is 0 Å². The summed E-state index contributed by atoms with van der Waals surface area (Å²) in [6.45, 7) is 1.69. The summed E-state index contributed by atoms with van der Waals surface area (Å²) in [7, 11) is -3.76. The first-order valence-corrected chi connectivity index (χ1v) is 9.31. The van der Waals surface area contributed by atoms with Gasteiger partial charge >= 0.3 is 0 Å². The Labute approximate surface area is 145 Å². The summed E-state index contributed by atoms with van der Waals surface area (Å²) < 4.78 is 51.1. The highest BCUT2D eigenvalue weighted by Gasteiger charge is 2.20. The van der Waals surface area contributed by atoms with Gasteiger partial charge < -0.3 is 5.32 Å². The number of sulfonamides is 1. The van der Waals surface area contributed by atoms with E-state index in [1.54, 1.807) is 18.2 Å². The molecule has 0 aliphatic heterocycles. The molecular weight excluding hydrogens is 350 g/mol. The molecule has 0 aromatic heterocycles. The van der Waals surface area contributed by atoms with Gasteiger partial charge in [-0.3, -0.25) is 9.10 Å². The first-order valence-electron chi connectivity index (χ1n) is 7.46. The largest absolute Gasteiger partial charge is 0.326 e. The second-order valence-electron chi connectivity index (χ2n) is 5.60. The van der Waals surface area contributed by atoms with Crippen LogP contribution in [0, 0.1) is 18.6 Å². The fourth-order valence-electron chi connectivity index (χ4n) is 2.28.